The Morgan fingerprint density at radius 1 is 1.33 bits per heavy atom. The zero-order chi connectivity index (χ0) is 15.1. The van der Waals surface area contributed by atoms with Crippen molar-refractivity contribution in [1.29, 1.82) is 0 Å². The third kappa shape index (κ3) is 4.05. The Balaban J connectivity index is 2.04. The van der Waals surface area contributed by atoms with Gasteiger partial charge >= 0.3 is 0 Å². The first kappa shape index (κ1) is 16.0. The van der Waals surface area contributed by atoms with Gasteiger partial charge in [-0.2, -0.15) is 0 Å². The molecule has 1 aromatic rings. The van der Waals surface area contributed by atoms with Crippen LogP contribution in [0.4, 0.5) is 5.69 Å². The molecule has 1 amide bonds. The number of nitrogens with one attached hydrogen (secondary N) is 1. The summed E-state index contributed by atoms with van der Waals surface area (Å²) in [5.74, 6) is 0.161. The van der Waals surface area contributed by atoms with Crippen LogP contribution in [-0.2, 0) is 9.53 Å². The van der Waals surface area contributed by atoms with Gasteiger partial charge in [0.25, 0.3) is 0 Å². The number of carbonyl (C=O) groups excluding carboxylic acids is 1. The Hall–Kier alpha value is -1.39. The van der Waals surface area contributed by atoms with E-state index in [9.17, 15) is 4.79 Å². The van der Waals surface area contributed by atoms with Crippen molar-refractivity contribution in [2.75, 3.05) is 31.2 Å². The largest absolute Gasteiger partial charge is 0.381 e. The third-order valence-corrected chi connectivity index (χ3v) is 3.80. The van der Waals surface area contributed by atoms with E-state index in [1.807, 2.05) is 23.1 Å². The van der Waals surface area contributed by atoms with Crippen LogP contribution in [-0.4, -0.2) is 32.2 Å². The van der Waals surface area contributed by atoms with Crippen LogP contribution in [0.2, 0.25) is 0 Å². The van der Waals surface area contributed by atoms with Crippen LogP contribution in [0, 0.1) is 0 Å². The van der Waals surface area contributed by atoms with Crippen LogP contribution in [0.5, 0.6) is 0 Å². The fourth-order valence-electron chi connectivity index (χ4n) is 2.82. The van der Waals surface area contributed by atoms with Crippen molar-refractivity contribution >= 4 is 11.6 Å². The first-order valence-electron chi connectivity index (χ1n) is 7.98. The Bertz CT molecular complexity index is 462. The summed E-state index contributed by atoms with van der Waals surface area (Å²) in [4.78, 5) is 14.3. The van der Waals surface area contributed by atoms with Gasteiger partial charge in [0.05, 0.1) is 13.0 Å². The molecule has 116 valence electrons. The van der Waals surface area contributed by atoms with Crippen molar-refractivity contribution in [2.24, 2.45) is 0 Å². The number of rotatable bonds is 7. The molecule has 4 heteroatoms. The number of carbonyl (C=O) groups is 1. The molecule has 0 bridgehead atoms. The monoisotopic (exact) mass is 290 g/mol. The highest BCUT2D eigenvalue weighted by Gasteiger charge is 2.27. The van der Waals surface area contributed by atoms with Crippen LogP contribution < -0.4 is 10.2 Å². The summed E-state index contributed by atoms with van der Waals surface area (Å²) < 4.78 is 5.43. The molecule has 1 heterocycles. The number of hydrogen-bond donors (Lipinski definition) is 1. The molecule has 21 heavy (non-hydrogen) atoms. The molecule has 0 spiro atoms. The van der Waals surface area contributed by atoms with Gasteiger partial charge in [-0.15, -0.1) is 0 Å². The van der Waals surface area contributed by atoms with Gasteiger partial charge in [0.1, 0.15) is 0 Å². The van der Waals surface area contributed by atoms with Gasteiger partial charge in [0.2, 0.25) is 5.91 Å². The molecule has 0 fully saturated rings. The van der Waals surface area contributed by atoms with Gasteiger partial charge in [0, 0.05) is 24.9 Å². The highest BCUT2D eigenvalue weighted by atomic mass is 16.5. The van der Waals surface area contributed by atoms with Crippen LogP contribution in [0.3, 0.4) is 0 Å². The first-order valence-corrected chi connectivity index (χ1v) is 7.98. The molecule has 1 N–H and O–H groups in total. The minimum Gasteiger partial charge on any atom is -0.381 e. The van der Waals surface area contributed by atoms with Crippen molar-refractivity contribution in [2.45, 2.75) is 39.2 Å². The number of benzene rings is 1. The van der Waals surface area contributed by atoms with E-state index in [4.69, 9.17) is 4.74 Å². The van der Waals surface area contributed by atoms with Crippen molar-refractivity contribution in [3.8, 4) is 0 Å². The summed E-state index contributed by atoms with van der Waals surface area (Å²) in [6.45, 7) is 7.15. The van der Waals surface area contributed by atoms with Gasteiger partial charge < -0.3 is 15.0 Å². The summed E-state index contributed by atoms with van der Waals surface area (Å²) in [5.41, 5.74) is 2.28. The maximum atomic E-state index is 12.4. The zero-order valence-corrected chi connectivity index (χ0v) is 13.1. The van der Waals surface area contributed by atoms with Crippen molar-refractivity contribution in [3.05, 3.63) is 29.8 Å². The van der Waals surface area contributed by atoms with E-state index < -0.39 is 0 Å². The third-order valence-electron chi connectivity index (χ3n) is 3.80. The van der Waals surface area contributed by atoms with E-state index in [-0.39, 0.29) is 5.91 Å². The van der Waals surface area contributed by atoms with Crippen LogP contribution >= 0.6 is 0 Å². The summed E-state index contributed by atoms with van der Waals surface area (Å²) >= 11 is 0. The molecule has 2 rings (SSSR count). The summed E-state index contributed by atoms with van der Waals surface area (Å²) in [6, 6.07) is 8.56. The number of nitrogens with zero attached hydrogens (tertiary/aromatic N) is 1. The van der Waals surface area contributed by atoms with Gasteiger partial charge in [-0.25, -0.2) is 0 Å². The average Bonchev–Trinajstić information content (AvgIpc) is 2.52. The number of fused-ring (bicyclic) bond motifs is 1. The van der Waals surface area contributed by atoms with Gasteiger partial charge in [-0.05, 0) is 31.0 Å². The lowest BCUT2D eigenvalue weighted by Crippen LogP contribution is -2.40. The minimum absolute atomic E-state index is 0.161. The lowest BCUT2D eigenvalue weighted by Gasteiger charge is -2.34. The average molecular weight is 290 g/mol. The molecular formula is C17H26N2O2. The standard InChI is InChI=1S/C17H26N2O2/c1-3-12-21-13-10-17(20)19-11-9-15(18-4-2)14-7-5-6-8-16(14)19/h5-8,15,18H,3-4,9-13H2,1-2H3. The second-order valence-electron chi connectivity index (χ2n) is 5.37. The van der Waals surface area contributed by atoms with E-state index >= 15 is 0 Å². The van der Waals surface area contributed by atoms with E-state index in [1.54, 1.807) is 0 Å². The minimum atomic E-state index is 0.161. The van der Waals surface area contributed by atoms with E-state index in [1.165, 1.54) is 5.56 Å². The second kappa shape index (κ2) is 8.15. The summed E-state index contributed by atoms with van der Waals surface area (Å²) in [7, 11) is 0. The van der Waals surface area contributed by atoms with Crippen molar-refractivity contribution in [1.82, 2.24) is 5.32 Å². The van der Waals surface area contributed by atoms with Crippen LogP contribution in [0.1, 0.15) is 44.7 Å². The molecule has 1 atom stereocenters. The van der Waals surface area contributed by atoms with Crippen LogP contribution in [0.25, 0.3) is 0 Å². The fourth-order valence-corrected chi connectivity index (χ4v) is 2.82. The second-order valence-corrected chi connectivity index (χ2v) is 5.37. The van der Waals surface area contributed by atoms with Crippen molar-refractivity contribution in [3.63, 3.8) is 0 Å². The maximum absolute atomic E-state index is 12.4. The molecule has 1 aliphatic heterocycles. The fraction of sp³-hybridized carbons (Fsp3) is 0.588. The van der Waals surface area contributed by atoms with Gasteiger partial charge in [-0.1, -0.05) is 32.0 Å². The Morgan fingerprint density at radius 3 is 2.90 bits per heavy atom. The zero-order valence-electron chi connectivity index (χ0n) is 13.1. The SMILES string of the molecule is CCCOCCC(=O)N1CCC(NCC)c2ccccc21. The predicted molar refractivity (Wildman–Crippen MR) is 85.6 cm³/mol. The van der Waals surface area contributed by atoms with E-state index in [0.29, 0.717) is 19.1 Å². The molecule has 0 aromatic heterocycles. The summed E-state index contributed by atoms with van der Waals surface area (Å²) in [6.07, 6.45) is 2.41. The molecular weight excluding hydrogens is 264 g/mol. The number of anilines is 1. The molecule has 0 aliphatic carbocycles. The van der Waals surface area contributed by atoms with E-state index in [0.717, 1.165) is 38.2 Å². The molecule has 4 nitrogen and oxygen atoms in total. The molecule has 1 unspecified atom stereocenters. The lowest BCUT2D eigenvalue weighted by molar-refractivity contribution is -0.119. The molecule has 1 aliphatic rings. The van der Waals surface area contributed by atoms with Crippen molar-refractivity contribution < 1.29 is 9.53 Å². The van der Waals surface area contributed by atoms with Gasteiger partial charge in [-0.3, -0.25) is 4.79 Å². The molecule has 0 radical (unpaired) electrons. The first-order chi connectivity index (χ1) is 10.3. The quantitative estimate of drug-likeness (QED) is 0.785. The Morgan fingerprint density at radius 2 is 2.14 bits per heavy atom. The van der Waals surface area contributed by atoms with Gasteiger partial charge in [0.15, 0.2) is 0 Å². The van der Waals surface area contributed by atoms with E-state index in [2.05, 4.69) is 25.2 Å². The maximum Gasteiger partial charge on any atom is 0.229 e. The molecule has 0 saturated heterocycles. The molecule has 0 saturated carbocycles. The highest BCUT2D eigenvalue weighted by Crippen LogP contribution is 2.33. The lowest BCUT2D eigenvalue weighted by atomic mass is 9.96. The number of hydrogen-bond acceptors (Lipinski definition) is 3. The topological polar surface area (TPSA) is 41.6 Å². The summed E-state index contributed by atoms with van der Waals surface area (Å²) in [5, 5.41) is 3.50. The number of ether oxygens (including phenoxy) is 1. The number of amides is 1. The normalized spacial score (nSPS) is 17.6. The predicted octanol–water partition coefficient (Wildman–Crippen LogP) is 2.89. The molecule has 1 aromatic carbocycles. The Labute approximate surface area is 127 Å². The smallest absolute Gasteiger partial charge is 0.229 e. The number of para-hydroxylation sites is 1. The highest BCUT2D eigenvalue weighted by molar-refractivity contribution is 5.94. The van der Waals surface area contributed by atoms with Crippen LogP contribution in [0.15, 0.2) is 24.3 Å². The Kier molecular flexibility index (Phi) is 6.21.